The maximum Gasteiger partial charge on any atom is 0.255 e. The minimum atomic E-state index is -4.11. The highest BCUT2D eigenvalue weighted by molar-refractivity contribution is 9.10. The average molecular weight is 365 g/mol. The Balaban J connectivity index is 2.52. The van der Waals surface area contributed by atoms with E-state index in [2.05, 4.69) is 15.9 Å². The fourth-order valence-corrected chi connectivity index (χ4v) is 4.03. The number of sulfonamides is 1. The zero-order chi connectivity index (χ0) is 15.1. The second kappa shape index (κ2) is 5.42. The molecule has 1 unspecified atom stereocenters. The Labute approximate surface area is 125 Å². The Bertz CT molecular complexity index is 663. The molecule has 1 fully saturated rings. The summed E-state index contributed by atoms with van der Waals surface area (Å²) in [7, 11) is -4.11. The zero-order valence-electron chi connectivity index (χ0n) is 10.8. The van der Waals surface area contributed by atoms with E-state index in [9.17, 15) is 17.6 Å². The Kier molecular flexibility index (Phi) is 4.17. The molecule has 0 radical (unpaired) electrons. The molecule has 0 aromatic heterocycles. The first-order chi connectivity index (χ1) is 9.21. The van der Waals surface area contributed by atoms with Crippen LogP contribution in [0.4, 0.5) is 4.39 Å². The van der Waals surface area contributed by atoms with Crippen LogP contribution in [0.3, 0.4) is 0 Å². The fourth-order valence-electron chi connectivity index (χ4n) is 2.32. The number of benzene rings is 1. The molecule has 1 aromatic rings. The van der Waals surface area contributed by atoms with Crippen molar-refractivity contribution < 1.29 is 17.6 Å². The van der Waals surface area contributed by atoms with Crippen LogP contribution >= 0.6 is 15.9 Å². The summed E-state index contributed by atoms with van der Waals surface area (Å²) >= 11 is 3.05. The van der Waals surface area contributed by atoms with E-state index in [0.717, 1.165) is 25.0 Å². The molecular weight excluding hydrogens is 351 g/mol. The fraction of sp³-hybridized carbons (Fsp3) is 0.417. The number of hydrogen-bond donors (Lipinski definition) is 1. The highest BCUT2D eigenvalue weighted by Crippen LogP contribution is 2.29. The van der Waals surface area contributed by atoms with Crippen LogP contribution in [0.1, 0.15) is 30.1 Å². The van der Waals surface area contributed by atoms with Gasteiger partial charge in [-0.25, -0.2) is 17.9 Å². The highest BCUT2D eigenvalue weighted by atomic mass is 79.9. The Morgan fingerprint density at radius 2 is 2.15 bits per heavy atom. The molecule has 1 aromatic carbocycles. The monoisotopic (exact) mass is 364 g/mol. The molecule has 1 amide bonds. The second-order valence-electron chi connectivity index (χ2n) is 4.80. The number of amides is 1. The van der Waals surface area contributed by atoms with Crippen molar-refractivity contribution in [3.05, 3.63) is 28.0 Å². The first kappa shape index (κ1) is 15.4. The van der Waals surface area contributed by atoms with E-state index in [1.165, 1.54) is 0 Å². The molecule has 2 N–H and O–H groups in total. The number of carbonyl (C=O) groups is 1. The maximum atomic E-state index is 13.6. The van der Waals surface area contributed by atoms with Gasteiger partial charge in [-0.1, -0.05) is 0 Å². The Hall–Kier alpha value is -0.990. The van der Waals surface area contributed by atoms with Crippen LogP contribution in [-0.2, 0) is 10.0 Å². The van der Waals surface area contributed by atoms with Crippen molar-refractivity contribution in [1.29, 1.82) is 0 Å². The van der Waals surface area contributed by atoms with Gasteiger partial charge in [0.05, 0.1) is 14.9 Å². The molecule has 0 aliphatic carbocycles. The van der Waals surface area contributed by atoms with Crippen molar-refractivity contribution in [3.8, 4) is 0 Å². The second-order valence-corrected chi connectivity index (χ2v) is 7.12. The normalized spacial score (nSPS) is 19.4. The summed E-state index contributed by atoms with van der Waals surface area (Å²) < 4.78 is 36.4. The maximum absolute atomic E-state index is 13.6. The lowest BCUT2D eigenvalue weighted by atomic mass is 10.1. The molecule has 20 heavy (non-hydrogen) atoms. The molecule has 8 heteroatoms. The minimum Gasteiger partial charge on any atom is -0.336 e. The molecule has 2 rings (SSSR count). The first-order valence-electron chi connectivity index (χ1n) is 6.04. The Morgan fingerprint density at radius 1 is 1.50 bits per heavy atom. The number of halogens is 2. The van der Waals surface area contributed by atoms with Gasteiger partial charge >= 0.3 is 0 Å². The molecule has 0 bridgehead atoms. The minimum absolute atomic E-state index is 0.00509. The largest absolute Gasteiger partial charge is 0.336 e. The summed E-state index contributed by atoms with van der Waals surface area (Å²) in [5.41, 5.74) is -0.0252. The van der Waals surface area contributed by atoms with E-state index in [-0.39, 0.29) is 16.1 Å². The molecule has 0 spiro atoms. The summed E-state index contributed by atoms with van der Waals surface area (Å²) in [6, 6.07) is 1.87. The highest BCUT2D eigenvalue weighted by Gasteiger charge is 2.29. The van der Waals surface area contributed by atoms with Crippen LogP contribution in [0.2, 0.25) is 0 Å². The third kappa shape index (κ3) is 2.87. The number of rotatable bonds is 2. The van der Waals surface area contributed by atoms with Crippen LogP contribution in [0.15, 0.2) is 21.5 Å². The van der Waals surface area contributed by atoms with E-state index in [4.69, 9.17) is 5.14 Å². The van der Waals surface area contributed by atoms with Gasteiger partial charge in [0.1, 0.15) is 5.82 Å². The lowest BCUT2D eigenvalue weighted by Gasteiger charge is -2.22. The number of likely N-dealkylation sites (tertiary alicyclic amines) is 1. The van der Waals surface area contributed by atoms with Crippen LogP contribution in [0.25, 0.3) is 0 Å². The number of hydrogen-bond acceptors (Lipinski definition) is 3. The predicted molar refractivity (Wildman–Crippen MR) is 75.2 cm³/mol. The van der Waals surface area contributed by atoms with Crippen molar-refractivity contribution in [3.63, 3.8) is 0 Å². The van der Waals surface area contributed by atoms with Gasteiger partial charge in [-0.2, -0.15) is 0 Å². The van der Waals surface area contributed by atoms with Crippen LogP contribution in [-0.4, -0.2) is 31.8 Å². The molecule has 1 heterocycles. The van der Waals surface area contributed by atoms with Crippen molar-refractivity contribution in [2.45, 2.75) is 30.7 Å². The SMILES string of the molecule is CC1CCCN1C(=O)c1cc(F)cc(S(N)(=O)=O)c1Br. The third-order valence-electron chi connectivity index (χ3n) is 3.35. The first-order valence-corrected chi connectivity index (χ1v) is 8.38. The van der Waals surface area contributed by atoms with Crippen molar-refractivity contribution in [1.82, 2.24) is 4.90 Å². The smallest absolute Gasteiger partial charge is 0.255 e. The van der Waals surface area contributed by atoms with Gasteiger partial charge in [-0.15, -0.1) is 0 Å². The van der Waals surface area contributed by atoms with Crippen molar-refractivity contribution in [2.75, 3.05) is 6.54 Å². The zero-order valence-corrected chi connectivity index (χ0v) is 13.2. The molecule has 1 saturated heterocycles. The summed E-state index contributed by atoms with van der Waals surface area (Å²) in [5.74, 6) is -1.21. The van der Waals surface area contributed by atoms with Gasteiger partial charge in [0.15, 0.2) is 0 Å². The summed E-state index contributed by atoms with van der Waals surface area (Å²) in [6.07, 6.45) is 1.75. The molecule has 1 atom stereocenters. The van der Waals surface area contributed by atoms with Gasteiger partial charge in [0.2, 0.25) is 10.0 Å². The van der Waals surface area contributed by atoms with Gasteiger partial charge < -0.3 is 4.90 Å². The number of primary sulfonamides is 1. The van der Waals surface area contributed by atoms with Crippen LogP contribution in [0, 0.1) is 5.82 Å². The van der Waals surface area contributed by atoms with Crippen molar-refractivity contribution in [2.24, 2.45) is 5.14 Å². The van der Waals surface area contributed by atoms with Gasteiger partial charge in [-0.3, -0.25) is 4.79 Å². The van der Waals surface area contributed by atoms with Crippen LogP contribution < -0.4 is 5.14 Å². The molecular formula is C12H14BrFN2O3S. The van der Waals surface area contributed by atoms with Gasteiger partial charge in [-0.05, 0) is 47.8 Å². The van der Waals surface area contributed by atoms with E-state index in [0.29, 0.717) is 6.54 Å². The number of nitrogens with two attached hydrogens (primary N) is 1. The lowest BCUT2D eigenvalue weighted by molar-refractivity contribution is 0.0745. The topological polar surface area (TPSA) is 80.5 Å². The molecule has 0 saturated carbocycles. The van der Waals surface area contributed by atoms with E-state index in [1.54, 1.807) is 4.90 Å². The molecule has 5 nitrogen and oxygen atoms in total. The van der Waals surface area contributed by atoms with E-state index < -0.39 is 26.6 Å². The van der Waals surface area contributed by atoms with Crippen molar-refractivity contribution >= 4 is 31.9 Å². The Morgan fingerprint density at radius 3 is 2.65 bits per heavy atom. The van der Waals surface area contributed by atoms with E-state index in [1.807, 2.05) is 6.92 Å². The molecule has 110 valence electrons. The third-order valence-corrected chi connectivity index (χ3v) is 5.41. The number of carbonyl (C=O) groups excluding carboxylic acids is 1. The summed E-state index contributed by atoms with van der Waals surface area (Å²) in [4.78, 5) is 13.6. The quantitative estimate of drug-likeness (QED) is 0.869. The summed E-state index contributed by atoms with van der Waals surface area (Å²) in [5, 5.41) is 5.03. The average Bonchev–Trinajstić information content (AvgIpc) is 2.75. The molecule has 1 aliphatic rings. The van der Waals surface area contributed by atoms with Gasteiger partial charge in [0.25, 0.3) is 5.91 Å². The van der Waals surface area contributed by atoms with Crippen LogP contribution in [0.5, 0.6) is 0 Å². The summed E-state index contributed by atoms with van der Waals surface area (Å²) in [6.45, 7) is 2.48. The van der Waals surface area contributed by atoms with E-state index >= 15 is 0 Å². The lowest BCUT2D eigenvalue weighted by Crippen LogP contribution is -2.34. The van der Waals surface area contributed by atoms with Gasteiger partial charge in [0, 0.05) is 12.6 Å². The predicted octanol–water partition coefficient (Wildman–Crippen LogP) is 1.86. The number of nitrogens with zero attached hydrogens (tertiary/aromatic N) is 1. The standard InChI is InChI=1S/C12H14BrFN2O3S/c1-7-3-2-4-16(7)12(17)9-5-8(14)6-10(11(9)13)20(15,18)19/h5-7H,2-4H2,1H3,(H2,15,18,19). The molecule has 1 aliphatic heterocycles.